The number of hydrogen-bond donors (Lipinski definition) is 0. The zero-order valence-electron chi connectivity index (χ0n) is 12.6. The van der Waals surface area contributed by atoms with Crippen molar-refractivity contribution in [1.29, 1.82) is 0 Å². The molecule has 0 spiro atoms. The molecule has 1 aromatic heterocycles. The van der Waals surface area contributed by atoms with Crippen LogP contribution in [-0.4, -0.2) is 36.2 Å². The number of thioether (sulfide) groups is 1. The van der Waals surface area contributed by atoms with Crippen molar-refractivity contribution in [1.82, 2.24) is 4.90 Å². The standard InChI is InChI=1S/C17H16N2O3S/c1-21-11-9-19-16(20)15(12-14-8-5-10-22-14)23-17(19)18-13-6-3-2-4-7-13/h2-8,10,12H,9,11H2,1H3/b15-12-,18-17?. The molecule has 0 saturated carbocycles. The van der Waals surface area contributed by atoms with Gasteiger partial charge in [0.1, 0.15) is 5.76 Å². The van der Waals surface area contributed by atoms with Crippen molar-refractivity contribution in [3.8, 4) is 0 Å². The van der Waals surface area contributed by atoms with Crippen LogP contribution in [0.25, 0.3) is 6.08 Å². The maximum Gasteiger partial charge on any atom is 0.266 e. The number of hydrogen-bond acceptors (Lipinski definition) is 5. The summed E-state index contributed by atoms with van der Waals surface area (Å²) in [7, 11) is 1.61. The smallest absolute Gasteiger partial charge is 0.266 e. The number of aliphatic imine (C=N–C) groups is 1. The summed E-state index contributed by atoms with van der Waals surface area (Å²) in [6.07, 6.45) is 3.32. The highest BCUT2D eigenvalue weighted by atomic mass is 32.2. The molecule has 6 heteroatoms. The highest BCUT2D eigenvalue weighted by Crippen LogP contribution is 2.33. The molecule has 1 aliphatic heterocycles. The Morgan fingerprint density at radius 3 is 2.78 bits per heavy atom. The van der Waals surface area contributed by atoms with Crippen molar-refractivity contribution in [2.45, 2.75) is 0 Å². The first kappa shape index (κ1) is 15.6. The molecule has 1 fully saturated rings. The molecule has 118 valence electrons. The number of amides is 1. The maximum absolute atomic E-state index is 12.6. The number of rotatable bonds is 5. The lowest BCUT2D eigenvalue weighted by Crippen LogP contribution is -2.32. The van der Waals surface area contributed by atoms with Gasteiger partial charge >= 0.3 is 0 Å². The number of ether oxygens (including phenoxy) is 1. The largest absolute Gasteiger partial charge is 0.465 e. The van der Waals surface area contributed by atoms with E-state index in [1.54, 1.807) is 30.4 Å². The molecule has 0 N–H and O–H groups in total. The number of nitrogens with zero attached hydrogens (tertiary/aromatic N) is 2. The van der Waals surface area contributed by atoms with Crippen LogP contribution in [0.3, 0.4) is 0 Å². The third-order valence-corrected chi connectivity index (χ3v) is 4.21. The third-order valence-electron chi connectivity index (χ3n) is 3.20. The topological polar surface area (TPSA) is 55.0 Å². The highest BCUT2D eigenvalue weighted by Gasteiger charge is 2.33. The molecule has 0 radical (unpaired) electrons. The molecule has 1 amide bonds. The normalized spacial score (nSPS) is 18.3. The molecule has 0 atom stereocenters. The number of carbonyl (C=O) groups is 1. The number of amidine groups is 1. The van der Waals surface area contributed by atoms with Gasteiger partial charge in [0, 0.05) is 13.2 Å². The Morgan fingerprint density at radius 2 is 2.09 bits per heavy atom. The molecule has 2 heterocycles. The summed E-state index contributed by atoms with van der Waals surface area (Å²) >= 11 is 1.34. The number of methoxy groups -OCH3 is 1. The van der Waals surface area contributed by atoms with Gasteiger partial charge in [-0.3, -0.25) is 9.69 Å². The van der Waals surface area contributed by atoms with Crippen LogP contribution in [-0.2, 0) is 9.53 Å². The first-order valence-corrected chi connectivity index (χ1v) is 7.97. The van der Waals surface area contributed by atoms with E-state index in [0.29, 0.717) is 29.0 Å². The van der Waals surface area contributed by atoms with Crippen LogP contribution in [0.2, 0.25) is 0 Å². The van der Waals surface area contributed by atoms with E-state index in [-0.39, 0.29) is 5.91 Å². The molecule has 5 nitrogen and oxygen atoms in total. The minimum Gasteiger partial charge on any atom is -0.465 e. The SMILES string of the molecule is COCCN1C(=O)/C(=C/c2ccco2)SC1=Nc1ccccc1. The number of furan rings is 1. The van der Waals surface area contributed by atoms with Gasteiger partial charge in [0.15, 0.2) is 5.17 Å². The average Bonchev–Trinajstić information content (AvgIpc) is 3.17. The van der Waals surface area contributed by atoms with Crippen molar-refractivity contribution >= 4 is 34.6 Å². The molecule has 1 saturated heterocycles. The molecule has 3 rings (SSSR count). The van der Waals surface area contributed by atoms with E-state index in [0.717, 1.165) is 5.69 Å². The van der Waals surface area contributed by atoms with E-state index < -0.39 is 0 Å². The van der Waals surface area contributed by atoms with Crippen molar-refractivity contribution in [2.24, 2.45) is 4.99 Å². The zero-order valence-corrected chi connectivity index (χ0v) is 13.5. The van der Waals surface area contributed by atoms with E-state index in [9.17, 15) is 4.79 Å². The Morgan fingerprint density at radius 1 is 1.26 bits per heavy atom. The van der Waals surface area contributed by atoms with Gasteiger partial charge in [-0.05, 0) is 36.0 Å². The Labute approximate surface area is 138 Å². The quantitative estimate of drug-likeness (QED) is 0.788. The predicted octanol–water partition coefficient (Wildman–Crippen LogP) is 3.53. The van der Waals surface area contributed by atoms with Gasteiger partial charge in [0.05, 0.1) is 30.0 Å². The summed E-state index contributed by atoms with van der Waals surface area (Å²) in [6, 6.07) is 13.2. The van der Waals surface area contributed by atoms with E-state index >= 15 is 0 Å². The van der Waals surface area contributed by atoms with Gasteiger partial charge < -0.3 is 9.15 Å². The lowest BCUT2D eigenvalue weighted by atomic mass is 10.3. The summed E-state index contributed by atoms with van der Waals surface area (Å²) in [5.74, 6) is 0.562. The van der Waals surface area contributed by atoms with Gasteiger partial charge in [-0.1, -0.05) is 18.2 Å². The van der Waals surface area contributed by atoms with Crippen molar-refractivity contribution < 1.29 is 13.9 Å². The predicted molar refractivity (Wildman–Crippen MR) is 91.4 cm³/mol. The molecule has 1 aromatic carbocycles. The van der Waals surface area contributed by atoms with Gasteiger partial charge in [-0.2, -0.15) is 0 Å². The molecule has 1 aliphatic rings. The van der Waals surface area contributed by atoms with E-state index in [2.05, 4.69) is 4.99 Å². The first-order valence-electron chi connectivity index (χ1n) is 7.15. The second-order valence-electron chi connectivity index (χ2n) is 4.81. The second-order valence-corrected chi connectivity index (χ2v) is 5.81. The van der Waals surface area contributed by atoms with Gasteiger partial charge in [0.25, 0.3) is 5.91 Å². The average molecular weight is 328 g/mol. The Bertz CT molecular complexity index is 724. The molecular weight excluding hydrogens is 312 g/mol. The van der Waals surface area contributed by atoms with Crippen LogP contribution in [0.15, 0.2) is 63.0 Å². The molecule has 0 unspecified atom stereocenters. The lowest BCUT2D eigenvalue weighted by Gasteiger charge is -2.14. The second kappa shape index (κ2) is 7.30. The monoisotopic (exact) mass is 328 g/mol. The van der Waals surface area contributed by atoms with Crippen LogP contribution >= 0.6 is 11.8 Å². The third kappa shape index (κ3) is 3.72. The summed E-state index contributed by atoms with van der Waals surface area (Å²) < 4.78 is 10.4. The summed E-state index contributed by atoms with van der Waals surface area (Å²) in [4.78, 5) is 19.4. The van der Waals surface area contributed by atoms with E-state index in [4.69, 9.17) is 9.15 Å². The van der Waals surface area contributed by atoms with Crippen LogP contribution in [0.1, 0.15) is 5.76 Å². The first-order chi connectivity index (χ1) is 11.3. The molecular formula is C17H16N2O3S. The fourth-order valence-corrected chi connectivity index (χ4v) is 3.09. The number of benzene rings is 1. The Balaban J connectivity index is 1.90. The van der Waals surface area contributed by atoms with Crippen molar-refractivity contribution in [2.75, 3.05) is 20.3 Å². The van der Waals surface area contributed by atoms with Gasteiger partial charge in [-0.25, -0.2) is 4.99 Å². The van der Waals surface area contributed by atoms with Crippen LogP contribution in [0.5, 0.6) is 0 Å². The fourth-order valence-electron chi connectivity index (χ4n) is 2.09. The molecule has 0 bridgehead atoms. The fraction of sp³-hybridized carbons (Fsp3) is 0.176. The van der Waals surface area contributed by atoms with Gasteiger partial charge in [0.2, 0.25) is 0 Å². The number of para-hydroxylation sites is 1. The van der Waals surface area contributed by atoms with Crippen molar-refractivity contribution in [3.05, 3.63) is 59.4 Å². The zero-order chi connectivity index (χ0) is 16.1. The van der Waals surface area contributed by atoms with Crippen LogP contribution in [0, 0.1) is 0 Å². The van der Waals surface area contributed by atoms with E-state index in [1.165, 1.54) is 11.8 Å². The summed E-state index contributed by atoms with van der Waals surface area (Å²) in [6.45, 7) is 0.914. The minimum absolute atomic E-state index is 0.0851. The molecule has 2 aromatic rings. The van der Waals surface area contributed by atoms with E-state index in [1.807, 2.05) is 36.4 Å². The lowest BCUT2D eigenvalue weighted by molar-refractivity contribution is -0.122. The maximum atomic E-state index is 12.6. The minimum atomic E-state index is -0.0851. The van der Waals surface area contributed by atoms with Gasteiger partial charge in [-0.15, -0.1) is 0 Å². The Kier molecular flexibility index (Phi) is 4.95. The van der Waals surface area contributed by atoms with Crippen LogP contribution in [0.4, 0.5) is 5.69 Å². The van der Waals surface area contributed by atoms with Crippen LogP contribution < -0.4 is 0 Å². The summed E-state index contributed by atoms with van der Waals surface area (Å²) in [5, 5.41) is 0.649. The molecule has 23 heavy (non-hydrogen) atoms. The number of carbonyl (C=O) groups excluding carboxylic acids is 1. The van der Waals surface area contributed by atoms with Crippen molar-refractivity contribution in [3.63, 3.8) is 0 Å². The Hall–Kier alpha value is -2.31. The molecule has 0 aliphatic carbocycles. The summed E-state index contributed by atoms with van der Waals surface area (Å²) in [5.41, 5.74) is 0.810. The highest BCUT2D eigenvalue weighted by molar-refractivity contribution is 8.18.